The van der Waals surface area contributed by atoms with Crippen LogP contribution in [-0.4, -0.2) is 45.8 Å². The van der Waals surface area contributed by atoms with Crippen LogP contribution in [0.15, 0.2) is 0 Å². The van der Waals surface area contributed by atoms with Gasteiger partial charge in [-0.25, -0.2) is 5.48 Å². The molecule has 2 saturated heterocycles. The maximum atomic E-state index is 11.1. The van der Waals surface area contributed by atoms with Gasteiger partial charge in [0, 0.05) is 11.7 Å². The van der Waals surface area contributed by atoms with Crippen molar-refractivity contribution in [3.63, 3.8) is 0 Å². The minimum absolute atomic E-state index is 0.277. The SMILES string of the molecule is CCCCSCCC1C2CCC(O2)C1CCSC(C)CCCC(=O)NO. The topological polar surface area (TPSA) is 58.6 Å². The number of hydrogen-bond donors (Lipinski definition) is 2. The van der Waals surface area contributed by atoms with Crippen molar-refractivity contribution < 1.29 is 14.7 Å². The van der Waals surface area contributed by atoms with Gasteiger partial charge in [-0.2, -0.15) is 23.5 Å². The zero-order valence-electron chi connectivity index (χ0n) is 16.5. The minimum atomic E-state index is -0.277. The van der Waals surface area contributed by atoms with Gasteiger partial charge in [-0.05, 0) is 74.0 Å². The zero-order chi connectivity index (χ0) is 18.8. The average Bonchev–Trinajstić information content (AvgIpc) is 3.23. The lowest BCUT2D eigenvalue weighted by atomic mass is 9.76. The number of carbonyl (C=O) groups is 1. The molecule has 1 amide bonds. The number of ether oxygens (including phenoxy) is 1. The molecule has 0 aromatic carbocycles. The van der Waals surface area contributed by atoms with Gasteiger partial charge in [0.2, 0.25) is 5.91 Å². The lowest BCUT2D eigenvalue weighted by Gasteiger charge is -2.28. The van der Waals surface area contributed by atoms with Crippen LogP contribution < -0.4 is 5.48 Å². The van der Waals surface area contributed by atoms with E-state index in [1.54, 1.807) is 5.48 Å². The van der Waals surface area contributed by atoms with Gasteiger partial charge in [0.1, 0.15) is 0 Å². The Hall–Kier alpha value is 0.0900. The van der Waals surface area contributed by atoms with E-state index < -0.39 is 0 Å². The van der Waals surface area contributed by atoms with Gasteiger partial charge in [0.15, 0.2) is 0 Å². The fourth-order valence-corrected chi connectivity index (χ4v) is 6.61. The quantitative estimate of drug-likeness (QED) is 0.246. The lowest BCUT2D eigenvalue weighted by molar-refractivity contribution is -0.129. The van der Waals surface area contributed by atoms with Crippen molar-refractivity contribution in [2.24, 2.45) is 11.8 Å². The number of hydrogen-bond acceptors (Lipinski definition) is 5. The number of unbranched alkanes of at least 4 members (excludes halogenated alkanes) is 1. The standard InChI is InChI=1S/C20H37NO3S2/c1-3-4-12-25-13-10-16-17(19-9-8-18(16)24-19)11-14-26-15(2)6-5-7-20(22)21-23/h15-19,23H,3-14H2,1-2H3,(H,21,22). The summed E-state index contributed by atoms with van der Waals surface area (Å²) >= 11 is 4.16. The van der Waals surface area contributed by atoms with Crippen LogP contribution in [0, 0.1) is 11.8 Å². The van der Waals surface area contributed by atoms with E-state index in [9.17, 15) is 4.79 Å². The number of amides is 1. The van der Waals surface area contributed by atoms with Crippen LogP contribution in [0.4, 0.5) is 0 Å². The molecule has 26 heavy (non-hydrogen) atoms. The number of thioether (sulfide) groups is 2. The van der Waals surface area contributed by atoms with E-state index in [2.05, 4.69) is 25.6 Å². The van der Waals surface area contributed by atoms with E-state index >= 15 is 0 Å². The third-order valence-corrected chi connectivity index (χ3v) is 8.20. The second kappa shape index (κ2) is 12.5. The van der Waals surface area contributed by atoms with Crippen molar-refractivity contribution in [1.82, 2.24) is 5.48 Å². The van der Waals surface area contributed by atoms with Gasteiger partial charge in [-0.3, -0.25) is 10.0 Å². The van der Waals surface area contributed by atoms with Crippen LogP contribution >= 0.6 is 23.5 Å². The molecule has 5 atom stereocenters. The molecule has 4 nitrogen and oxygen atoms in total. The first-order chi connectivity index (χ1) is 12.7. The molecule has 2 fully saturated rings. The molecule has 6 heteroatoms. The van der Waals surface area contributed by atoms with Gasteiger partial charge >= 0.3 is 0 Å². The lowest BCUT2D eigenvalue weighted by Crippen LogP contribution is -2.28. The second-order valence-electron chi connectivity index (χ2n) is 7.77. The maximum absolute atomic E-state index is 11.1. The fourth-order valence-electron chi connectivity index (χ4n) is 4.33. The Morgan fingerprint density at radius 1 is 1.15 bits per heavy atom. The molecule has 0 spiro atoms. The first-order valence-electron chi connectivity index (χ1n) is 10.4. The third kappa shape index (κ3) is 7.25. The first kappa shape index (κ1) is 22.4. The van der Waals surface area contributed by atoms with Crippen LogP contribution in [0.1, 0.15) is 71.6 Å². The van der Waals surface area contributed by atoms with Gasteiger partial charge < -0.3 is 4.74 Å². The van der Waals surface area contributed by atoms with Gasteiger partial charge in [-0.15, -0.1) is 0 Å². The van der Waals surface area contributed by atoms with Gasteiger partial charge in [0.25, 0.3) is 0 Å². The Bertz CT molecular complexity index is 411. The minimum Gasteiger partial charge on any atom is -0.374 e. The molecule has 2 bridgehead atoms. The van der Waals surface area contributed by atoms with E-state index in [1.807, 2.05) is 11.8 Å². The summed E-state index contributed by atoms with van der Waals surface area (Å²) in [4.78, 5) is 11.1. The zero-order valence-corrected chi connectivity index (χ0v) is 18.1. The molecular formula is C20H37NO3S2. The molecule has 2 heterocycles. The summed E-state index contributed by atoms with van der Waals surface area (Å²) in [6.07, 6.45) is 11.1. The molecule has 5 unspecified atom stereocenters. The van der Waals surface area contributed by atoms with E-state index in [0.29, 0.717) is 23.9 Å². The summed E-state index contributed by atoms with van der Waals surface area (Å²) in [6.45, 7) is 4.51. The van der Waals surface area contributed by atoms with Crippen molar-refractivity contribution in [1.29, 1.82) is 0 Å². The molecule has 2 rings (SSSR count). The Kier molecular flexibility index (Phi) is 10.8. The highest BCUT2D eigenvalue weighted by Crippen LogP contribution is 2.47. The molecule has 152 valence electrons. The maximum Gasteiger partial charge on any atom is 0.243 e. The monoisotopic (exact) mass is 403 g/mol. The number of nitrogens with one attached hydrogen (secondary N) is 1. The summed E-state index contributed by atoms with van der Waals surface area (Å²) in [5.74, 6) is 5.08. The number of carbonyl (C=O) groups excluding carboxylic acids is 1. The summed E-state index contributed by atoms with van der Waals surface area (Å²) in [6, 6.07) is 0. The van der Waals surface area contributed by atoms with Crippen LogP contribution in [0.25, 0.3) is 0 Å². The van der Waals surface area contributed by atoms with Crippen molar-refractivity contribution >= 4 is 29.4 Å². The van der Waals surface area contributed by atoms with Gasteiger partial charge in [-0.1, -0.05) is 20.3 Å². The highest BCUT2D eigenvalue weighted by atomic mass is 32.2. The van der Waals surface area contributed by atoms with Crippen LogP contribution in [0.3, 0.4) is 0 Å². The Labute approximate surface area is 167 Å². The van der Waals surface area contributed by atoms with E-state index in [1.165, 1.54) is 55.8 Å². The van der Waals surface area contributed by atoms with Crippen molar-refractivity contribution in [3.05, 3.63) is 0 Å². The molecule has 0 radical (unpaired) electrons. The van der Waals surface area contributed by atoms with E-state index in [4.69, 9.17) is 9.94 Å². The molecule has 2 aliphatic heterocycles. The van der Waals surface area contributed by atoms with E-state index in [-0.39, 0.29) is 5.91 Å². The normalized spacial score (nSPS) is 28.4. The summed E-state index contributed by atoms with van der Waals surface area (Å²) in [5, 5.41) is 9.10. The highest BCUT2D eigenvalue weighted by molar-refractivity contribution is 7.99. The second-order valence-corrected chi connectivity index (χ2v) is 10.5. The Morgan fingerprint density at radius 2 is 1.85 bits per heavy atom. The molecule has 2 N–H and O–H groups in total. The largest absolute Gasteiger partial charge is 0.374 e. The fraction of sp³-hybridized carbons (Fsp3) is 0.950. The highest BCUT2D eigenvalue weighted by Gasteiger charge is 2.47. The molecule has 0 aromatic heterocycles. The summed E-state index contributed by atoms with van der Waals surface area (Å²) in [5.41, 5.74) is 1.71. The van der Waals surface area contributed by atoms with Crippen LogP contribution in [0.2, 0.25) is 0 Å². The first-order valence-corrected chi connectivity index (χ1v) is 12.6. The Balaban J connectivity index is 1.62. The average molecular weight is 404 g/mol. The molecule has 0 aromatic rings. The molecule has 0 saturated carbocycles. The van der Waals surface area contributed by atoms with Crippen LogP contribution in [0.5, 0.6) is 0 Å². The molecule has 2 aliphatic rings. The van der Waals surface area contributed by atoms with Crippen LogP contribution in [-0.2, 0) is 9.53 Å². The predicted octanol–water partition coefficient (Wildman–Crippen LogP) is 4.89. The smallest absolute Gasteiger partial charge is 0.243 e. The number of rotatable bonds is 14. The predicted molar refractivity (Wildman–Crippen MR) is 112 cm³/mol. The molecule has 0 aliphatic carbocycles. The number of fused-ring (bicyclic) bond motifs is 2. The summed E-state index contributed by atoms with van der Waals surface area (Å²) < 4.78 is 6.25. The molecular weight excluding hydrogens is 366 g/mol. The van der Waals surface area contributed by atoms with E-state index in [0.717, 1.165) is 24.7 Å². The van der Waals surface area contributed by atoms with Crippen molar-refractivity contribution in [2.75, 3.05) is 17.3 Å². The summed E-state index contributed by atoms with van der Waals surface area (Å²) in [7, 11) is 0. The number of hydroxylamine groups is 1. The van der Waals surface area contributed by atoms with Gasteiger partial charge in [0.05, 0.1) is 12.2 Å². The Morgan fingerprint density at radius 3 is 2.50 bits per heavy atom. The van der Waals surface area contributed by atoms with Crippen molar-refractivity contribution in [2.45, 2.75) is 89.1 Å². The third-order valence-electron chi connectivity index (χ3n) is 5.82. The van der Waals surface area contributed by atoms with Crippen molar-refractivity contribution in [3.8, 4) is 0 Å².